The lowest BCUT2D eigenvalue weighted by atomic mass is 10.1. The first-order chi connectivity index (χ1) is 6.84. The topological polar surface area (TPSA) is 63.4 Å². The summed E-state index contributed by atoms with van der Waals surface area (Å²) < 4.78 is 37.6. The molecular formula is C9H11FN2O2S. The Labute approximate surface area is 87.5 Å². The van der Waals surface area contributed by atoms with E-state index in [0.717, 1.165) is 4.31 Å². The molecule has 0 aromatic heterocycles. The van der Waals surface area contributed by atoms with Gasteiger partial charge in [-0.25, -0.2) is 12.8 Å². The van der Waals surface area contributed by atoms with Crippen LogP contribution < -0.4 is 10.0 Å². The normalized spacial score (nSPS) is 17.9. The minimum Gasteiger partial charge on any atom is -0.396 e. The van der Waals surface area contributed by atoms with Crippen molar-refractivity contribution < 1.29 is 12.8 Å². The van der Waals surface area contributed by atoms with E-state index in [0.29, 0.717) is 16.8 Å². The minimum absolute atomic E-state index is 0.0662. The summed E-state index contributed by atoms with van der Waals surface area (Å²) in [6.45, 7) is 1.67. The van der Waals surface area contributed by atoms with E-state index in [1.54, 1.807) is 6.92 Å². The number of nitrogens with zero attached hydrogens (tertiary/aromatic N) is 1. The Hall–Kier alpha value is -1.30. The highest BCUT2D eigenvalue weighted by molar-refractivity contribution is 7.92. The van der Waals surface area contributed by atoms with Crippen molar-refractivity contribution in [3.05, 3.63) is 23.0 Å². The Morgan fingerprint density at radius 1 is 1.53 bits per heavy atom. The number of anilines is 2. The predicted octanol–water partition coefficient (Wildman–Crippen LogP) is 0.996. The van der Waals surface area contributed by atoms with Gasteiger partial charge in [-0.2, -0.15) is 0 Å². The average molecular weight is 230 g/mol. The number of nitrogen functional groups attached to an aromatic ring is 1. The summed E-state index contributed by atoms with van der Waals surface area (Å²) in [6, 6.07) is 1.26. The van der Waals surface area contributed by atoms with Gasteiger partial charge in [-0.15, -0.1) is 0 Å². The van der Waals surface area contributed by atoms with Gasteiger partial charge >= 0.3 is 0 Å². The average Bonchev–Trinajstić information content (AvgIpc) is 2.35. The van der Waals surface area contributed by atoms with E-state index in [-0.39, 0.29) is 11.4 Å². The summed E-state index contributed by atoms with van der Waals surface area (Å²) in [5, 5.41) is 0. The van der Waals surface area contributed by atoms with E-state index in [2.05, 4.69) is 0 Å². The van der Waals surface area contributed by atoms with Crippen LogP contribution in [0.3, 0.4) is 0 Å². The first-order valence-corrected chi connectivity index (χ1v) is 5.99. The molecule has 15 heavy (non-hydrogen) atoms. The van der Waals surface area contributed by atoms with Crippen LogP contribution in [0.2, 0.25) is 0 Å². The molecule has 0 fully saturated rings. The quantitative estimate of drug-likeness (QED) is 0.676. The van der Waals surface area contributed by atoms with E-state index in [9.17, 15) is 12.8 Å². The zero-order valence-corrected chi connectivity index (χ0v) is 9.23. The number of hydrogen-bond donors (Lipinski definition) is 1. The maximum absolute atomic E-state index is 13.3. The second kappa shape index (κ2) is 2.85. The molecule has 0 atom stereocenters. The Balaban J connectivity index is 2.80. The Kier molecular flexibility index (Phi) is 1.94. The molecule has 1 aromatic rings. The van der Waals surface area contributed by atoms with Crippen molar-refractivity contribution in [3.63, 3.8) is 0 Å². The predicted molar refractivity (Wildman–Crippen MR) is 56.6 cm³/mol. The summed E-state index contributed by atoms with van der Waals surface area (Å²) in [6.07, 6.45) is 0. The van der Waals surface area contributed by atoms with Crippen LogP contribution in [0.25, 0.3) is 0 Å². The molecule has 0 saturated carbocycles. The van der Waals surface area contributed by atoms with E-state index in [1.807, 2.05) is 0 Å². The fraction of sp³-hybridized carbons (Fsp3) is 0.333. The zero-order valence-electron chi connectivity index (χ0n) is 8.41. The molecule has 0 unspecified atom stereocenters. The largest absolute Gasteiger partial charge is 0.396 e. The van der Waals surface area contributed by atoms with Crippen molar-refractivity contribution in [1.82, 2.24) is 0 Å². The molecule has 1 aliphatic heterocycles. The molecule has 0 radical (unpaired) electrons. The maximum atomic E-state index is 13.3. The number of rotatable bonds is 0. The molecule has 2 rings (SSSR count). The number of nitrogens with two attached hydrogens (primary N) is 1. The highest BCUT2D eigenvalue weighted by Gasteiger charge is 2.34. The van der Waals surface area contributed by atoms with Crippen molar-refractivity contribution in [2.45, 2.75) is 12.7 Å². The third-order valence-corrected chi connectivity index (χ3v) is 4.31. The standard InChI is InChI=1S/C9H11FN2O2S/c1-5-3-7(10)8(11)6-4-15(13,14)12(2)9(5)6/h3H,4,11H2,1-2H3. The fourth-order valence-corrected chi connectivity index (χ4v) is 3.23. The van der Waals surface area contributed by atoms with Crippen LogP contribution in [0.4, 0.5) is 15.8 Å². The van der Waals surface area contributed by atoms with E-state index in [4.69, 9.17) is 5.73 Å². The van der Waals surface area contributed by atoms with Gasteiger partial charge in [0.25, 0.3) is 0 Å². The van der Waals surface area contributed by atoms with Crippen LogP contribution in [0.5, 0.6) is 0 Å². The fourth-order valence-electron chi connectivity index (χ4n) is 1.85. The number of hydrogen-bond acceptors (Lipinski definition) is 3. The van der Waals surface area contributed by atoms with Crippen molar-refractivity contribution in [1.29, 1.82) is 0 Å². The second-order valence-corrected chi connectivity index (χ2v) is 5.64. The van der Waals surface area contributed by atoms with Crippen molar-refractivity contribution in [2.75, 3.05) is 17.1 Å². The molecule has 0 bridgehead atoms. The highest BCUT2D eigenvalue weighted by Crippen LogP contribution is 2.39. The van der Waals surface area contributed by atoms with Crippen LogP contribution in [0.1, 0.15) is 11.1 Å². The van der Waals surface area contributed by atoms with Crippen LogP contribution in [0, 0.1) is 12.7 Å². The van der Waals surface area contributed by atoms with Crippen LogP contribution in [0.15, 0.2) is 6.07 Å². The number of halogens is 1. The van der Waals surface area contributed by atoms with Crippen LogP contribution >= 0.6 is 0 Å². The maximum Gasteiger partial charge on any atom is 0.239 e. The van der Waals surface area contributed by atoms with Gasteiger partial charge in [-0.05, 0) is 18.6 Å². The minimum atomic E-state index is -3.36. The van der Waals surface area contributed by atoms with Gasteiger partial charge in [0.05, 0.1) is 17.1 Å². The highest BCUT2D eigenvalue weighted by atomic mass is 32.2. The lowest BCUT2D eigenvalue weighted by Gasteiger charge is -2.14. The lowest BCUT2D eigenvalue weighted by Crippen LogP contribution is -2.21. The third kappa shape index (κ3) is 1.28. The molecule has 1 aromatic carbocycles. The van der Waals surface area contributed by atoms with E-state index in [1.165, 1.54) is 13.1 Å². The molecule has 0 amide bonds. The van der Waals surface area contributed by atoms with Crippen LogP contribution in [-0.2, 0) is 15.8 Å². The van der Waals surface area contributed by atoms with Gasteiger partial charge < -0.3 is 5.73 Å². The van der Waals surface area contributed by atoms with Gasteiger partial charge in [0.15, 0.2) is 0 Å². The Morgan fingerprint density at radius 2 is 2.13 bits per heavy atom. The molecule has 0 saturated heterocycles. The van der Waals surface area contributed by atoms with Crippen molar-refractivity contribution >= 4 is 21.4 Å². The summed E-state index contributed by atoms with van der Waals surface area (Å²) in [5.74, 6) is -0.778. The summed E-state index contributed by atoms with van der Waals surface area (Å²) in [4.78, 5) is 0. The summed E-state index contributed by atoms with van der Waals surface area (Å²) in [7, 11) is -1.91. The first-order valence-electron chi connectivity index (χ1n) is 4.38. The molecular weight excluding hydrogens is 219 g/mol. The van der Waals surface area contributed by atoms with Gasteiger partial charge in [-0.3, -0.25) is 4.31 Å². The number of fused-ring (bicyclic) bond motifs is 1. The summed E-state index contributed by atoms with van der Waals surface area (Å²) >= 11 is 0. The molecule has 0 aliphatic carbocycles. The van der Waals surface area contributed by atoms with Crippen LogP contribution in [-0.4, -0.2) is 15.5 Å². The molecule has 1 aliphatic rings. The van der Waals surface area contributed by atoms with Gasteiger partial charge in [0, 0.05) is 12.6 Å². The van der Waals surface area contributed by atoms with Gasteiger partial charge in [0.2, 0.25) is 10.0 Å². The zero-order chi connectivity index (χ0) is 11.4. The van der Waals surface area contributed by atoms with E-state index < -0.39 is 15.8 Å². The van der Waals surface area contributed by atoms with Crippen molar-refractivity contribution in [3.8, 4) is 0 Å². The molecule has 1 heterocycles. The SMILES string of the molecule is Cc1cc(F)c(N)c2c1N(C)S(=O)(=O)C2. The Morgan fingerprint density at radius 3 is 2.73 bits per heavy atom. The Bertz CT molecular complexity index is 540. The van der Waals surface area contributed by atoms with E-state index >= 15 is 0 Å². The number of sulfonamides is 1. The smallest absolute Gasteiger partial charge is 0.239 e. The summed E-state index contributed by atoms with van der Waals surface area (Å²) in [5.41, 5.74) is 6.92. The molecule has 2 N–H and O–H groups in total. The second-order valence-electron chi connectivity index (χ2n) is 3.64. The number of aryl methyl sites for hydroxylation is 1. The van der Waals surface area contributed by atoms with Gasteiger partial charge in [0.1, 0.15) is 5.82 Å². The number of benzene rings is 1. The lowest BCUT2D eigenvalue weighted by molar-refractivity contribution is 0.596. The molecule has 6 heteroatoms. The monoisotopic (exact) mass is 230 g/mol. The van der Waals surface area contributed by atoms with Crippen molar-refractivity contribution in [2.24, 2.45) is 0 Å². The first kappa shape index (κ1) is 10.2. The third-order valence-electron chi connectivity index (χ3n) is 2.64. The molecule has 82 valence electrons. The molecule has 4 nitrogen and oxygen atoms in total. The molecule has 0 spiro atoms. The van der Waals surface area contributed by atoms with Gasteiger partial charge in [-0.1, -0.05) is 0 Å².